The van der Waals surface area contributed by atoms with Gasteiger partial charge in [-0.2, -0.15) is 0 Å². The Morgan fingerprint density at radius 2 is 1.76 bits per heavy atom. The highest BCUT2D eigenvalue weighted by molar-refractivity contribution is 14.1. The molecule has 25 heavy (non-hydrogen) atoms. The molecule has 0 spiro atoms. The lowest BCUT2D eigenvalue weighted by molar-refractivity contribution is 0.102. The summed E-state index contributed by atoms with van der Waals surface area (Å²) < 4.78 is 6.62. The Kier molecular flexibility index (Phi) is 5.80. The number of methoxy groups -OCH3 is 1. The van der Waals surface area contributed by atoms with E-state index < -0.39 is 0 Å². The number of benzene rings is 2. The van der Waals surface area contributed by atoms with Crippen LogP contribution in [0.3, 0.4) is 0 Å². The Morgan fingerprint density at radius 3 is 2.40 bits per heavy atom. The Labute approximate surface area is 162 Å². The number of nitrogens with zero attached hydrogens (tertiary/aromatic N) is 2. The molecule has 0 unspecified atom stereocenters. The zero-order chi connectivity index (χ0) is 17.8. The van der Waals surface area contributed by atoms with Crippen LogP contribution in [0.5, 0.6) is 5.75 Å². The molecule has 3 rings (SSSR count). The van der Waals surface area contributed by atoms with Crippen LogP contribution in [-0.4, -0.2) is 51.1 Å². The average Bonchev–Trinajstić information content (AvgIpc) is 2.63. The monoisotopic (exact) mass is 451 g/mol. The van der Waals surface area contributed by atoms with Gasteiger partial charge in [0, 0.05) is 41.0 Å². The first kappa shape index (κ1) is 18.0. The molecule has 6 heteroatoms. The van der Waals surface area contributed by atoms with E-state index in [4.69, 9.17) is 4.74 Å². The van der Waals surface area contributed by atoms with Crippen molar-refractivity contribution in [1.29, 1.82) is 0 Å². The van der Waals surface area contributed by atoms with E-state index in [-0.39, 0.29) is 5.91 Å². The lowest BCUT2D eigenvalue weighted by Crippen LogP contribution is -2.44. The summed E-state index contributed by atoms with van der Waals surface area (Å²) in [5.41, 5.74) is 2.45. The van der Waals surface area contributed by atoms with E-state index in [0.29, 0.717) is 5.56 Å². The maximum Gasteiger partial charge on any atom is 0.255 e. The molecular formula is C19H22IN3O2. The van der Waals surface area contributed by atoms with Crippen LogP contribution in [0.25, 0.3) is 0 Å². The maximum atomic E-state index is 12.4. The van der Waals surface area contributed by atoms with Crippen LogP contribution in [0.2, 0.25) is 0 Å². The van der Waals surface area contributed by atoms with E-state index in [2.05, 4.69) is 44.8 Å². The second-order valence-corrected chi connectivity index (χ2v) is 7.38. The van der Waals surface area contributed by atoms with Crippen LogP contribution in [0, 0.1) is 3.57 Å². The van der Waals surface area contributed by atoms with E-state index in [1.807, 2.05) is 42.5 Å². The van der Waals surface area contributed by atoms with Gasteiger partial charge in [-0.3, -0.25) is 4.79 Å². The smallest absolute Gasteiger partial charge is 0.255 e. The lowest BCUT2D eigenvalue weighted by atomic mass is 10.2. The summed E-state index contributed by atoms with van der Waals surface area (Å²) in [5.74, 6) is 0.725. The van der Waals surface area contributed by atoms with Crippen molar-refractivity contribution in [3.63, 3.8) is 0 Å². The Morgan fingerprint density at radius 1 is 1.08 bits per heavy atom. The molecular weight excluding hydrogens is 429 g/mol. The fourth-order valence-corrected chi connectivity index (χ4v) is 3.23. The van der Waals surface area contributed by atoms with E-state index in [9.17, 15) is 4.79 Å². The highest BCUT2D eigenvalue weighted by Crippen LogP contribution is 2.32. The van der Waals surface area contributed by atoms with Crippen LogP contribution in [0.15, 0.2) is 42.5 Å². The number of carbonyl (C=O) groups excluding carboxylic acids is 1. The molecule has 1 saturated heterocycles. The molecule has 1 amide bonds. The molecule has 1 fully saturated rings. The van der Waals surface area contributed by atoms with Crippen LogP contribution >= 0.6 is 22.6 Å². The molecule has 2 aromatic rings. The molecule has 1 N–H and O–H groups in total. The summed E-state index contributed by atoms with van der Waals surface area (Å²) in [5, 5.41) is 2.98. The summed E-state index contributed by atoms with van der Waals surface area (Å²) in [4.78, 5) is 17.1. The van der Waals surface area contributed by atoms with E-state index in [1.54, 1.807) is 7.11 Å². The molecule has 1 heterocycles. The highest BCUT2D eigenvalue weighted by Gasteiger charge is 2.18. The number of hydrogen-bond acceptors (Lipinski definition) is 4. The third kappa shape index (κ3) is 4.43. The van der Waals surface area contributed by atoms with Crippen LogP contribution in [0.1, 0.15) is 10.4 Å². The fourth-order valence-electron chi connectivity index (χ4n) is 2.87. The van der Waals surface area contributed by atoms with Gasteiger partial charge in [0.05, 0.1) is 12.8 Å². The second kappa shape index (κ2) is 8.05. The summed E-state index contributed by atoms with van der Waals surface area (Å²) in [6.07, 6.45) is 0. The number of rotatable bonds is 4. The van der Waals surface area contributed by atoms with Crippen molar-refractivity contribution in [3.05, 3.63) is 51.6 Å². The van der Waals surface area contributed by atoms with E-state index >= 15 is 0 Å². The topological polar surface area (TPSA) is 44.8 Å². The van der Waals surface area contributed by atoms with Crippen molar-refractivity contribution in [1.82, 2.24) is 4.90 Å². The Hall–Kier alpha value is -1.80. The number of piperazine rings is 1. The molecule has 5 nitrogen and oxygen atoms in total. The van der Waals surface area contributed by atoms with Gasteiger partial charge in [-0.05, 0) is 72.1 Å². The zero-order valence-electron chi connectivity index (χ0n) is 14.5. The molecule has 1 aliphatic heterocycles. The van der Waals surface area contributed by atoms with Crippen molar-refractivity contribution in [3.8, 4) is 5.75 Å². The standard InChI is InChI=1S/C19H22IN3O2/c1-22-9-11-23(12-10-22)17-13-16(7-8-18(17)25-2)21-19(24)14-3-5-15(20)6-4-14/h3-8,13H,9-12H2,1-2H3,(H,21,24). The minimum Gasteiger partial charge on any atom is -0.495 e. The molecule has 0 bridgehead atoms. The summed E-state index contributed by atoms with van der Waals surface area (Å²) in [7, 11) is 3.81. The predicted octanol–water partition coefficient (Wildman–Crippen LogP) is 3.30. The third-order valence-corrected chi connectivity index (χ3v) is 5.11. The zero-order valence-corrected chi connectivity index (χ0v) is 16.6. The number of likely N-dealkylation sites (N-methyl/N-ethyl adjacent to an activating group) is 1. The molecule has 0 atom stereocenters. The molecule has 2 aromatic carbocycles. The highest BCUT2D eigenvalue weighted by atomic mass is 127. The van der Waals surface area contributed by atoms with E-state index in [0.717, 1.165) is 46.9 Å². The number of halogens is 1. The Balaban J connectivity index is 1.79. The lowest BCUT2D eigenvalue weighted by Gasteiger charge is -2.34. The predicted molar refractivity (Wildman–Crippen MR) is 110 cm³/mol. The fraction of sp³-hybridized carbons (Fsp3) is 0.316. The largest absolute Gasteiger partial charge is 0.495 e. The van der Waals surface area contributed by atoms with Gasteiger partial charge >= 0.3 is 0 Å². The Bertz CT molecular complexity index is 741. The quantitative estimate of drug-likeness (QED) is 0.725. The van der Waals surface area contributed by atoms with Gasteiger partial charge < -0.3 is 19.9 Å². The molecule has 0 radical (unpaired) electrons. The minimum atomic E-state index is -0.106. The van der Waals surface area contributed by atoms with Gasteiger partial charge in [0.2, 0.25) is 0 Å². The first-order chi connectivity index (χ1) is 12.1. The first-order valence-corrected chi connectivity index (χ1v) is 9.33. The molecule has 1 aliphatic rings. The van der Waals surface area contributed by atoms with Crippen molar-refractivity contribution < 1.29 is 9.53 Å². The van der Waals surface area contributed by atoms with Gasteiger partial charge in [-0.1, -0.05) is 0 Å². The molecule has 0 saturated carbocycles. The van der Waals surface area contributed by atoms with Gasteiger partial charge in [0.15, 0.2) is 0 Å². The second-order valence-electron chi connectivity index (χ2n) is 6.14. The normalized spacial score (nSPS) is 15.1. The SMILES string of the molecule is COc1ccc(NC(=O)c2ccc(I)cc2)cc1N1CCN(C)CC1. The number of hydrogen-bond donors (Lipinski definition) is 1. The molecule has 132 valence electrons. The van der Waals surface area contributed by atoms with Crippen molar-refractivity contribution in [2.45, 2.75) is 0 Å². The van der Waals surface area contributed by atoms with Gasteiger partial charge in [0.25, 0.3) is 5.91 Å². The average molecular weight is 451 g/mol. The number of ether oxygens (including phenoxy) is 1. The van der Waals surface area contributed by atoms with Gasteiger partial charge in [-0.15, -0.1) is 0 Å². The van der Waals surface area contributed by atoms with Crippen molar-refractivity contribution in [2.24, 2.45) is 0 Å². The molecule has 0 aliphatic carbocycles. The van der Waals surface area contributed by atoms with Crippen molar-refractivity contribution in [2.75, 3.05) is 50.6 Å². The summed E-state index contributed by atoms with van der Waals surface area (Å²) in [6, 6.07) is 13.3. The molecule has 0 aromatic heterocycles. The van der Waals surface area contributed by atoms with Crippen LogP contribution in [-0.2, 0) is 0 Å². The van der Waals surface area contributed by atoms with Gasteiger partial charge in [-0.25, -0.2) is 0 Å². The maximum absolute atomic E-state index is 12.4. The van der Waals surface area contributed by atoms with E-state index in [1.165, 1.54) is 0 Å². The number of amides is 1. The number of anilines is 2. The first-order valence-electron chi connectivity index (χ1n) is 8.25. The third-order valence-electron chi connectivity index (χ3n) is 4.39. The van der Waals surface area contributed by atoms with Crippen LogP contribution < -0.4 is 15.0 Å². The number of nitrogens with one attached hydrogen (secondary N) is 1. The summed E-state index contributed by atoms with van der Waals surface area (Å²) in [6.45, 7) is 3.92. The van der Waals surface area contributed by atoms with Gasteiger partial charge in [0.1, 0.15) is 5.75 Å². The summed E-state index contributed by atoms with van der Waals surface area (Å²) >= 11 is 2.23. The van der Waals surface area contributed by atoms with Crippen molar-refractivity contribution >= 4 is 39.9 Å². The number of carbonyl (C=O) groups is 1. The van der Waals surface area contributed by atoms with Crippen LogP contribution in [0.4, 0.5) is 11.4 Å². The minimum absolute atomic E-state index is 0.106.